The highest BCUT2D eigenvalue weighted by Gasteiger charge is 2.17. The third kappa shape index (κ3) is 5.63. The number of rotatable bonds is 6. The van der Waals surface area contributed by atoms with Crippen molar-refractivity contribution in [2.75, 3.05) is 0 Å². The van der Waals surface area contributed by atoms with Gasteiger partial charge >= 0.3 is 0 Å². The fourth-order valence-corrected chi connectivity index (χ4v) is 7.33. The lowest BCUT2D eigenvalue weighted by atomic mass is 9.96. The van der Waals surface area contributed by atoms with Crippen LogP contribution in [0, 0.1) is 0 Å². The molecule has 0 fully saturated rings. The maximum absolute atomic E-state index is 6.54. The van der Waals surface area contributed by atoms with Crippen molar-refractivity contribution in [1.82, 2.24) is 15.0 Å². The van der Waals surface area contributed by atoms with E-state index in [1.54, 1.807) is 0 Å². The van der Waals surface area contributed by atoms with Crippen molar-refractivity contribution in [3.63, 3.8) is 0 Å². The number of fused-ring (bicyclic) bond motifs is 4. The molecule has 0 amide bonds. The van der Waals surface area contributed by atoms with E-state index < -0.39 is 0 Å². The van der Waals surface area contributed by atoms with Gasteiger partial charge in [0.15, 0.2) is 17.5 Å². The lowest BCUT2D eigenvalue weighted by molar-refractivity contribution is 0.669. The molecule has 0 aliphatic carbocycles. The SMILES string of the molecule is c1ccc(-c2cccc(-c3cccc4oc5cc(-c6nc(-c7ccccc7)nc(-c7ccc(-c8cccc9ccccc89)cc7)n6)ccc5c34)c2)cc1. The van der Waals surface area contributed by atoms with Gasteiger partial charge in [0.2, 0.25) is 0 Å². The molecule has 10 rings (SSSR count). The number of furan rings is 1. The van der Waals surface area contributed by atoms with Crippen LogP contribution in [-0.2, 0) is 0 Å². The molecule has 2 heterocycles. The van der Waals surface area contributed by atoms with E-state index in [2.05, 4.69) is 146 Å². The Morgan fingerprint density at radius 1 is 0.302 bits per heavy atom. The Morgan fingerprint density at radius 3 is 1.64 bits per heavy atom. The molecule has 0 saturated heterocycles. The summed E-state index contributed by atoms with van der Waals surface area (Å²) in [7, 11) is 0. The molecular weight excluding hydrogens is 647 g/mol. The maximum Gasteiger partial charge on any atom is 0.164 e. The van der Waals surface area contributed by atoms with Crippen molar-refractivity contribution in [1.29, 1.82) is 0 Å². The van der Waals surface area contributed by atoms with Gasteiger partial charge in [0.05, 0.1) is 0 Å². The van der Waals surface area contributed by atoms with Gasteiger partial charge in [0.25, 0.3) is 0 Å². The van der Waals surface area contributed by atoms with E-state index in [0.717, 1.165) is 55.3 Å². The van der Waals surface area contributed by atoms with E-state index in [9.17, 15) is 0 Å². The second kappa shape index (κ2) is 12.9. The van der Waals surface area contributed by atoms with Crippen LogP contribution < -0.4 is 0 Å². The summed E-state index contributed by atoms with van der Waals surface area (Å²) in [6, 6.07) is 65.2. The third-order valence-electron chi connectivity index (χ3n) is 9.95. The molecule has 8 aromatic carbocycles. The van der Waals surface area contributed by atoms with Gasteiger partial charge < -0.3 is 4.42 Å². The van der Waals surface area contributed by atoms with Crippen LogP contribution >= 0.6 is 0 Å². The molecule has 2 aromatic heterocycles. The summed E-state index contributed by atoms with van der Waals surface area (Å²) in [5.74, 6) is 1.82. The first-order valence-corrected chi connectivity index (χ1v) is 17.8. The van der Waals surface area contributed by atoms with E-state index in [1.807, 2.05) is 42.5 Å². The fourth-order valence-electron chi connectivity index (χ4n) is 7.33. The first-order valence-electron chi connectivity index (χ1n) is 17.8. The smallest absolute Gasteiger partial charge is 0.164 e. The summed E-state index contributed by atoms with van der Waals surface area (Å²) in [6.45, 7) is 0. The second-order valence-corrected chi connectivity index (χ2v) is 13.2. The Morgan fingerprint density at radius 2 is 0.849 bits per heavy atom. The summed E-state index contributed by atoms with van der Waals surface area (Å²) in [4.78, 5) is 15.0. The fraction of sp³-hybridized carbons (Fsp3) is 0. The zero-order valence-electron chi connectivity index (χ0n) is 28.6. The van der Waals surface area contributed by atoms with Gasteiger partial charge in [-0.3, -0.25) is 0 Å². The largest absolute Gasteiger partial charge is 0.456 e. The quantitative estimate of drug-likeness (QED) is 0.176. The lowest BCUT2D eigenvalue weighted by Gasteiger charge is -2.10. The van der Waals surface area contributed by atoms with E-state index in [-0.39, 0.29) is 0 Å². The normalized spacial score (nSPS) is 11.4. The molecule has 0 N–H and O–H groups in total. The van der Waals surface area contributed by atoms with Crippen LogP contribution in [0.1, 0.15) is 0 Å². The van der Waals surface area contributed by atoms with Gasteiger partial charge in [0, 0.05) is 27.5 Å². The van der Waals surface area contributed by atoms with Crippen molar-refractivity contribution in [3.05, 3.63) is 188 Å². The minimum absolute atomic E-state index is 0.588. The van der Waals surface area contributed by atoms with Gasteiger partial charge in [-0.1, -0.05) is 164 Å². The summed E-state index contributed by atoms with van der Waals surface area (Å²) >= 11 is 0. The van der Waals surface area contributed by atoms with Crippen LogP contribution in [-0.4, -0.2) is 15.0 Å². The monoisotopic (exact) mass is 677 g/mol. The molecule has 10 aromatic rings. The van der Waals surface area contributed by atoms with Crippen molar-refractivity contribution < 1.29 is 4.42 Å². The molecule has 248 valence electrons. The van der Waals surface area contributed by atoms with E-state index in [4.69, 9.17) is 19.4 Å². The third-order valence-corrected chi connectivity index (χ3v) is 9.95. The molecular formula is C49H31N3O. The van der Waals surface area contributed by atoms with Gasteiger partial charge in [-0.05, 0) is 68.4 Å². The highest BCUT2D eigenvalue weighted by molar-refractivity contribution is 6.13. The summed E-state index contributed by atoms with van der Waals surface area (Å²) in [5.41, 5.74) is 11.3. The van der Waals surface area contributed by atoms with E-state index in [1.165, 1.54) is 27.5 Å². The van der Waals surface area contributed by atoms with Crippen molar-refractivity contribution in [3.8, 4) is 67.5 Å². The molecule has 0 atom stereocenters. The molecule has 0 spiro atoms. The van der Waals surface area contributed by atoms with Gasteiger partial charge in [-0.2, -0.15) is 0 Å². The molecule has 4 heteroatoms. The Bertz CT molecular complexity index is 2930. The zero-order valence-corrected chi connectivity index (χ0v) is 28.6. The zero-order chi connectivity index (χ0) is 35.1. The average Bonchev–Trinajstić information content (AvgIpc) is 3.62. The molecule has 0 saturated carbocycles. The molecule has 0 unspecified atom stereocenters. The standard InChI is InChI=1S/C49H31N3O/c1-3-12-32(13-4-1)37-18-9-19-38(30-37)42-22-11-23-44-46(42)43-29-28-39(31-45(43)53-44)49-51-47(35-15-5-2-6-16-35)50-48(52-49)36-26-24-34(25-27-36)41-21-10-17-33-14-7-8-20-40(33)41/h1-31H. The van der Waals surface area contributed by atoms with Crippen molar-refractivity contribution >= 4 is 32.7 Å². The minimum atomic E-state index is 0.588. The Labute approximate surface area is 306 Å². The van der Waals surface area contributed by atoms with E-state index in [0.29, 0.717) is 17.5 Å². The van der Waals surface area contributed by atoms with Crippen LogP contribution in [0.5, 0.6) is 0 Å². The number of benzene rings is 8. The summed E-state index contributed by atoms with van der Waals surface area (Å²) in [5, 5.41) is 4.59. The molecule has 0 radical (unpaired) electrons. The molecule has 0 aliphatic rings. The van der Waals surface area contributed by atoms with Gasteiger partial charge in [-0.15, -0.1) is 0 Å². The van der Waals surface area contributed by atoms with E-state index >= 15 is 0 Å². The number of nitrogens with zero attached hydrogens (tertiary/aromatic N) is 3. The highest BCUT2D eigenvalue weighted by atomic mass is 16.3. The lowest BCUT2D eigenvalue weighted by Crippen LogP contribution is -2.00. The first-order chi connectivity index (χ1) is 26.2. The van der Waals surface area contributed by atoms with Crippen LogP contribution in [0.4, 0.5) is 0 Å². The molecule has 4 nitrogen and oxygen atoms in total. The summed E-state index contributed by atoms with van der Waals surface area (Å²) in [6.07, 6.45) is 0. The number of aromatic nitrogens is 3. The van der Waals surface area contributed by atoms with Crippen molar-refractivity contribution in [2.45, 2.75) is 0 Å². The minimum Gasteiger partial charge on any atom is -0.456 e. The first kappa shape index (κ1) is 30.6. The predicted molar refractivity (Wildman–Crippen MR) is 217 cm³/mol. The second-order valence-electron chi connectivity index (χ2n) is 13.2. The summed E-state index contributed by atoms with van der Waals surface area (Å²) < 4.78 is 6.54. The average molecular weight is 678 g/mol. The topological polar surface area (TPSA) is 51.8 Å². The maximum atomic E-state index is 6.54. The van der Waals surface area contributed by atoms with Crippen molar-refractivity contribution in [2.24, 2.45) is 0 Å². The van der Waals surface area contributed by atoms with Crippen LogP contribution in [0.2, 0.25) is 0 Å². The molecule has 53 heavy (non-hydrogen) atoms. The van der Waals surface area contributed by atoms with Gasteiger partial charge in [0.1, 0.15) is 11.2 Å². The van der Waals surface area contributed by atoms with Crippen LogP contribution in [0.3, 0.4) is 0 Å². The molecule has 0 aliphatic heterocycles. The number of hydrogen-bond acceptors (Lipinski definition) is 4. The highest BCUT2D eigenvalue weighted by Crippen LogP contribution is 2.39. The predicted octanol–water partition coefficient (Wildman–Crippen LogP) is 12.9. The Hall–Kier alpha value is -7.17. The van der Waals surface area contributed by atoms with Crippen LogP contribution in [0.25, 0.3) is 100 Å². The van der Waals surface area contributed by atoms with Crippen LogP contribution in [0.15, 0.2) is 192 Å². The Kier molecular flexibility index (Phi) is 7.43. The van der Waals surface area contributed by atoms with Gasteiger partial charge in [-0.25, -0.2) is 15.0 Å². The Balaban J connectivity index is 1.07. The molecule has 0 bridgehead atoms. The number of hydrogen-bond donors (Lipinski definition) is 0.